The first-order chi connectivity index (χ1) is 9.75. The SMILES string of the molecule is CN(C(=O)CCC1CCCN1)C1CCc2ccccc21. The van der Waals surface area contributed by atoms with Gasteiger partial charge in [-0.05, 0) is 49.8 Å². The highest BCUT2D eigenvalue weighted by atomic mass is 16.2. The van der Waals surface area contributed by atoms with Gasteiger partial charge in [0.1, 0.15) is 0 Å². The summed E-state index contributed by atoms with van der Waals surface area (Å²) in [6.07, 6.45) is 6.31. The van der Waals surface area contributed by atoms with E-state index in [-0.39, 0.29) is 6.04 Å². The summed E-state index contributed by atoms with van der Waals surface area (Å²) >= 11 is 0. The Morgan fingerprint density at radius 1 is 1.35 bits per heavy atom. The highest BCUT2D eigenvalue weighted by molar-refractivity contribution is 5.76. The summed E-state index contributed by atoms with van der Waals surface area (Å²) in [7, 11) is 1.97. The van der Waals surface area contributed by atoms with E-state index in [9.17, 15) is 4.79 Å². The van der Waals surface area contributed by atoms with Crippen molar-refractivity contribution in [2.45, 2.75) is 50.6 Å². The summed E-state index contributed by atoms with van der Waals surface area (Å²) in [4.78, 5) is 14.4. The van der Waals surface area contributed by atoms with Crippen LogP contribution < -0.4 is 5.32 Å². The van der Waals surface area contributed by atoms with Crippen molar-refractivity contribution in [3.63, 3.8) is 0 Å². The molecular formula is C17H24N2O. The van der Waals surface area contributed by atoms with Crippen LogP contribution in [-0.4, -0.2) is 30.4 Å². The molecule has 1 heterocycles. The van der Waals surface area contributed by atoms with E-state index in [4.69, 9.17) is 0 Å². The van der Waals surface area contributed by atoms with E-state index < -0.39 is 0 Å². The van der Waals surface area contributed by atoms with Gasteiger partial charge in [0.2, 0.25) is 5.91 Å². The van der Waals surface area contributed by atoms with Gasteiger partial charge in [0.05, 0.1) is 6.04 Å². The van der Waals surface area contributed by atoms with Crippen LogP contribution in [0.2, 0.25) is 0 Å². The summed E-state index contributed by atoms with van der Waals surface area (Å²) in [5.41, 5.74) is 2.76. The molecule has 1 fully saturated rings. The molecule has 1 amide bonds. The maximum atomic E-state index is 12.4. The number of benzene rings is 1. The van der Waals surface area contributed by atoms with Gasteiger partial charge in [-0.2, -0.15) is 0 Å². The first-order valence-corrected chi connectivity index (χ1v) is 7.82. The van der Waals surface area contributed by atoms with Crippen molar-refractivity contribution in [2.24, 2.45) is 0 Å². The molecule has 2 atom stereocenters. The average Bonchev–Trinajstić information content (AvgIpc) is 3.13. The first kappa shape index (κ1) is 13.6. The van der Waals surface area contributed by atoms with Crippen LogP contribution in [0, 0.1) is 0 Å². The minimum Gasteiger partial charge on any atom is -0.339 e. The smallest absolute Gasteiger partial charge is 0.222 e. The lowest BCUT2D eigenvalue weighted by atomic mass is 10.1. The normalized spacial score (nSPS) is 24.6. The Kier molecular flexibility index (Phi) is 4.06. The third-order valence-electron chi connectivity index (χ3n) is 4.83. The second-order valence-corrected chi connectivity index (χ2v) is 6.09. The van der Waals surface area contributed by atoms with Crippen LogP contribution in [0.25, 0.3) is 0 Å². The van der Waals surface area contributed by atoms with Crippen molar-refractivity contribution in [3.05, 3.63) is 35.4 Å². The predicted molar refractivity (Wildman–Crippen MR) is 80.5 cm³/mol. The number of fused-ring (bicyclic) bond motifs is 1. The lowest BCUT2D eigenvalue weighted by Gasteiger charge is -2.26. The second-order valence-electron chi connectivity index (χ2n) is 6.09. The number of carbonyl (C=O) groups excluding carboxylic acids is 1. The van der Waals surface area contributed by atoms with Crippen LogP contribution in [-0.2, 0) is 11.2 Å². The van der Waals surface area contributed by atoms with Crippen LogP contribution in [0.3, 0.4) is 0 Å². The Morgan fingerprint density at radius 3 is 3.00 bits per heavy atom. The topological polar surface area (TPSA) is 32.3 Å². The van der Waals surface area contributed by atoms with E-state index in [0.29, 0.717) is 18.4 Å². The number of nitrogens with one attached hydrogen (secondary N) is 1. The molecule has 2 aliphatic rings. The van der Waals surface area contributed by atoms with Gasteiger partial charge in [-0.3, -0.25) is 4.79 Å². The van der Waals surface area contributed by atoms with Gasteiger partial charge < -0.3 is 10.2 Å². The molecule has 3 nitrogen and oxygen atoms in total. The first-order valence-electron chi connectivity index (χ1n) is 7.82. The van der Waals surface area contributed by atoms with Gasteiger partial charge in [0.25, 0.3) is 0 Å². The van der Waals surface area contributed by atoms with Crippen molar-refractivity contribution >= 4 is 5.91 Å². The standard InChI is InChI=1S/C17H24N2O/c1-19(17(20)11-9-14-6-4-12-18-14)16-10-8-13-5-2-3-7-15(13)16/h2-3,5,7,14,16,18H,4,6,8-12H2,1H3. The molecule has 1 aliphatic carbocycles. The predicted octanol–water partition coefficient (Wildman–Crippen LogP) is 2.66. The molecule has 3 rings (SSSR count). The Bertz CT molecular complexity index is 480. The van der Waals surface area contributed by atoms with Crippen molar-refractivity contribution in [2.75, 3.05) is 13.6 Å². The van der Waals surface area contributed by atoms with E-state index >= 15 is 0 Å². The molecule has 2 unspecified atom stereocenters. The van der Waals surface area contributed by atoms with E-state index in [2.05, 4.69) is 29.6 Å². The van der Waals surface area contributed by atoms with Crippen molar-refractivity contribution in [1.82, 2.24) is 10.2 Å². The molecule has 108 valence electrons. The lowest BCUT2D eigenvalue weighted by molar-refractivity contribution is -0.132. The fourth-order valence-electron chi connectivity index (χ4n) is 3.59. The molecule has 1 saturated heterocycles. The molecule has 0 spiro atoms. The largest absolute Gasteiger partial charge is 0.339 e. The van der Waals surface area contributed by atoms with Crippen molar-refractivity contribution < 1.29 is 4.79 Å². The quantitative estimate of drug-likeness (QED) is 0.914. The summed E-state index contributed by atoms with van der Waals surface area (Å²) in [6, 6.07) is 9.39. The monoisotopic (exact) mass is 272 g/mol. The molecule has 0 aromatic heterocycles. The third kappa shape index (κ3) is 2.73. The average molecular weight is 272 g/mol. The molecular weight excluding hydrogens is 248 g/mol. The fourth-order valence-corrected chi connectivity index (χ4v) is 3.59. The zero-order valence-electron chi connectivity index (χ0n) is 12.3. The number of hydrogen-bond acceptors (Lipinski definition) is 2. The minimum absolute atomic E-state index is 0.287. The number of nitrogens with zero attached hydrogens (tertiary/aromatic N) is 1. The number of rotatable bonds is 4. The summed E-state index contributed by atoms with van der Waals surface area (Å²) in [5, 5.41) is 3.47. The highest BCUT2D eigenvalue weighted by Gasteiger charge is 2.28. The van der Waals surface area contributed by atoms with Gasteiger partial charge in [0, 0.05) is 19.5 Å². The van der Waals surface area contributed by atoms with Gasteiger partial charge in [0.15, 0.2) is 0 Å². The fraction of sp³-hybridized carbons (Fsp3) is 0.588. The maximum Gasteiger partial charge on any atom is 0.222 e. The molecule has 1 aromatic rings. The zero-order chi connectivity index (χ0) is 13.9. The van der Waals surface area contributed by atoms with Crippen molar-refractivity contribution in [3.8, 4) is 0 Å². The molecule has 0 saturated carbocycles. The Hall–Kier alpha value is -1.35. The van der Waals surface area contributed by atoms with E-state index in [1.807, 2.05) is 11.9 Å². The number of aryl methyl sites for hydroxylation is 1. The minimum atomic E-state index is 0.287. The Balaban J connectivity index is 1.58. The number of carbonyl (C=O) groups is 1. The maximum absolute atomic E-state index is 12.4. The van der Waals surface area contributed by atoms with Crippen molar-refractivity contribution in [1.29, 1.82) is 0 Å². The Labute approximate surface area is 121 Å². The highest BCUT2D eigenvalue weighted by Crippen LogP contribution is 2.35. The number of amides is 1. The van der Waals surface area contributed by atoms with Gasteiger partial charge in [-0.25, -0.2) is 0 Å². The van der Waals surface area contributed by atoms with E-state index in [1.54, 1.807) is 0 Å². The lowest BCUT2D eigenvalue weighted by Crippen LogP contribution is -2.31. The van der Waals surface area contributed by atoms with E-state index in [1.165, 1.54) is 24.0 Å². The van der Waals surface area contributed by atoms with Gasteiger partial charge in [-0.1, -0.05) is 24.3 Å². The van der Waals surface area contributed by atoms with E-state index in [0.717, 1.165) is 25.8 Å². The van der Waals surface area contributed by atoms with Crippen LogP contribution in [0.1, 0.15) is 49.3 Å². The molecule has 3 heteroatoms. The van der Waals surface area contributed by atoms with Crippen LogP contribution in [0.5, 0.6) is 0 Å². The zero-order valence-corrected chi connectivity index (χ0v) is 12.3. The second kappa shape index (κ2) is 5.96. The van der Waals surface area contributed by atoms with Gasteiger partial charge >= 0.3 is 0 Å². The Morgan fingerprint density at radius 2 is 2.20 bits per heavy atom. The summed E-state index contributed by atoms with van der Waals surface area (Å²) in [5.74, 6) is 0.292. The molecule has 1 aliphatic heterocycles. The summed E-state index contributed by atoms with van der Waals surface area (Å²) in [6.45, 7) is 1.12. The third-order valence-corrected chi connectivity index (χ3v) is 4.83. The molecule has 20 heavy (non-hydrogen) atoms. The number of hydrogen-bond donors (Lipinski definition) is 1. The summed E-state index contributed by atoms with van der Waals surface area (Å²) < 4.78 is 0. The van der Waals surface area contributed by atoms with Gasteiger partial charge in [-0.15, -0.1) is 0 Å². The molecule has 0 bridgehead atoms. The molecule has 1 N–H and O–H groups in total. The van der Waals surface area contributed by atoms with Crippen LogP contribution in [0.15, 0.2) is 24.3 Å². The van der Waals surface area contributed by atoms with Crippen LogP contribution >= 0.6 is 0 Å². The van der Waals surface area contributed by atoms with Crippen LogP contribution in [0.4, 0.5) is 0 Å². The molecule has 0 radical (unpaired) electrons. The molecule has 1 aromatic carbocycles.